The first-order valence-corrected chi connectivity index (χ1v) is 6.48. The molecule has 0 saturated carbocycles. The second-order valence-corrected chi connectivity index (χ2v) is 4.35. The van der Waals surface area contributed by atoms with Gasteiger partial charge in [-0.25, -0.2) is 20.2 Å². The molecule has 0 fully saturated rings. The van der Waals surface area contributed by atoms with E-state index in [-0.39, 0.29) is 5.56 Å². The minimum Gasteiger partial charge on any atom is -0.339 e. The van der Waals surface area contributed by atoms with Crippen LogP contribution >= 0.6 is 0 Å². The van der Waals surface area contributed by atoms with E-state index in [9.17, 15) is 4.39 Å². The lowest BCUT2D eigenvalue weighted by Gasteiger charge is -2.10. The third kappa shape index (κ3) is 3.43. The molecule has 0 bridgehead atoms. The van der Waals surface area contributed by atoms with Gasteiger partial charge in [0.1, 0.15) is 34.9 Å². The number of aromatic nitrogens is 2. The molecular weight excluding hydrogens is 271 g/mol. The van der Waals surface area contributed by atoms with Crippen molar-refractivity contribution in [2.75, 3.05) is 10.7 Å². The molecule has 2 aromatic rings. The highest BCUT2D eigenvalue weighted by Crippen LogP contribution is 2.22. The van der Waals surface area contributed by atoms with Gasteiger partial charge in [-0.1, -0.05) is 13.0 Å². The molecule has 7 heteroatoms. The Morgan fingerprint density at radius 1 is 1.33 bits per heavy atom. The summed E-state index contributed by atoms with van der Waals surface area (Å²) < 4.78 is 13.6. The zero-order chi connectivity index (χ0) is 15.2. The third-order valence-electron chi connectivity index (χ3n) is 2.78. The zero-order valence-electron chi connectivity index (χ0n) is 11.5. The fraction of sp³-hybridized carbons (Fsp3) is 0.214. The molecule has 1 heterocycles. The van der Waals surface area contributed by atoms with Crippen LogP contribution in [0.25, 0.3) is 0 Å². The predicted octanol–water partition coefficient (Wildman–Crippen LogP) is 2.47. The number of nitrogens with one attached hydrogen (secondary N) is 2. The average molecular weight is 286 g/mol. The molecule has 0 aliphatic rings. The number of hydrogen-bond donors (Lipinski definition) is 3. The van der Waals surface area contributed by atoms with E-state index in [1.807, 2.05) is 13.0 Å². The summed E-state index contributed by atoms with van der Waals surface area (Å²) in [6.45, 7) is 2.01. The number of aryl methyl sites for hydroxylation is 1. The van der Waals surface area contributed by atoms with E-state index in [2.05, 4.69) is 20.7 Å². The summed E-state index contributed by atoms with van der Waals surface area (Å²) >= 11 is 0. The smallest absolute Gasteiger partial charge is 0.145 e. The largest absolute Gasteiger partial charge is 0.339 e. The van der Waals surface area contributed by atoms with Crippen molar-refractivity contribution in [1.29, 1.82) is 5.26 Å². The topological polar surface area (TPSA) is 99.6 Å². The molecule has 0 aliphatic carbocycles. The second kappa shape index (κ2) is 6.63. The minimum absolute atomic E-state index is 0.0598. The van der Waals surface area contributed by atoms with Crippen LogP contribution in [0, 0.1) is 17.1 Å². The molecule has 1 aromatic carbocycles. The molecule has 0 unspecified atom stereocenters. The Labute approximate surface area is 121 Å². The van der Waals surface area contributed by atoms with Crippen LogP contribution in [0.1, 0.15) is 24.7 Å². The van der Waals surface area contributed by atoms with Gasteiger partial charge in [-0.3, -0.25) is 0 Å². The predicted molar refractivity (Wildman–Crippen MR) is 78.2 cm³/mol. The molecule has 1 aromatic heterocycles. The maximum absolute atomic E-state index is 13.6. The van der Waals surface area contributed by atoms with Gasteiger partial charge in [0.05, 0.1) is 5.69 Å². The van der Waals surface area contributed by atoms with Crippen molar-refractivity contribution in [2.45, 2.75) is 19.8 Å². The van der Waals surface area contributed by atoms with Crippen molar-refractivity contribution in [1.82, 2.24) is 9.97 Å². The highest BCUT2D eigenvalue weighted by molar-refractivity contribution is 5.66. The molecule has 0 saturated heterocycles. The van der Waals surface area contributed by atoms with Crippen molar-refractivity contribution in [2.24, 2.45) is 5.84 Å². The van der Waals surface area contributed by atoms with Gasteiger partial charge >= 0.3 is 0 Å². The third-order valence-corrected chi connectivity index (χ3v) is 2.78. The van der Waals surface area contributed by atoms with Crippen molar-refractivity contribution in [3.63, 3.8) is 0 Å². The molecule has 0 aliphatic heterocycles. The second-order valence-electron chi connectivity index (χ2n) is 4.35. The number of anilines is 3. The van der Waals surface area contributed by atoms with Crippen LogP contribution in [-0.2, 0) is 6.42 Å². The van der Waals surface area contributed by atoms with Gasteiger partial charge in [0.2, 0.25) is 0 Å². The Morgan fingerprint density at radius 3 is 2.76 bits per heavy atom. The number of rotatable bonds is 5. The van der Waals surface area contributed by atoms with E-state index in [1.54, 1.807) is 12.1 Å². The van der Waals surface area contributed by atoms with Crippen LogP contribution in [-0.4, -0.2) is 9.97 Å². The van der Waals surface area contributed by atoms with E-state index in [0.717, 1.165) is 6.42 Å². The number of nitrogens with two attached hydrogens (primary N) is 1. The first-order valence-electron chi connectivity index (χ1n) is 6.48. The zero-order valence-corrected chi connectivity index (χ0v) is 11.5. The lowest BCUT2D eigenvalue weighted by atomic mass is 10.2. The molecular formula is C14H15FN6. The van der Waals surface area contributed by atoms with Gasteiger partial charge in [-0.15, -0.1) is 0 Å². The summed E-state index contributed by atoms with van der Waals surface area (Å²) in [5.74, 6) is 6.31. The number of hydrazine groups is 1. The van der Waals surface area contributed by atoms with Gasteiger partial charge in [-0.05, 0) is 18.6 Å². The van der Waals surface area contributed by atoms with Gasteiger partial charge in [0.15, 0.2) is 0 Å². The van der Waals surface area contributed by atoms with Crippen LogP contribution in [0.5, 0.6) is 0 Å². The van der Waals surface area contributed by atoms with Gasteiger partial charge < -0.3 is 10.7 Å². The van der Waals surface area contributed by atoms with E-state index in [0.29, 0.717) is 29.6 Å². The number of halogens is 1. The molecule has 0 spiro atoms. The van der Waals surface area contributed by atoms with E-state index in [4.69, 9.17) is 11.1 Å². The highest BCUT2D eigenvalue weighted by Gasteiger charge is 2.10. The quantitative estimate of drug-likeness (QED) is 0.576. The van der Waals surface area contributed by atoms with E-state index < -0.39 is 5.82 Å². The summed E-state index contributed by atoms with van der Waals surface area (Å²) in [4.78, 5) is 8.54. The SMILES string of the molecule is CCCc1nc(NN)cc(Nc2cccc(F)c2C#N)n1. The molecule has 0 radical (unpaired) electrons. The number of nitrogens with zero attached hydrogens (tertiary/aromatic N) is 3. The summed E-state index contributed by atoms with van der Waals surface area (Å²) in [6, 6.07) is 7.79. The Morgan fingerprint density at radius 2 is 2.10 bits per heavy atom. The van der Waals surface area contributed by atoms with Crippen molar-refractivity contribution < 1.29 is 4.39 Å². The van der Waals surface area contributed by atoms with Gasteiger partial charge in [-0.2, -0.15) is 5.26 Å². The molecule has 108 valence electrons. The van der Waals surface area contributed by atoms with Crippen LogP contribution in [0.3, 0.4) is 0 Å². The number of benzene rings is 1. The van der Waals surface area contributed by atoms with Crippen LogP contribution in [0.2, 0.25) is 0 Å². The minimum atomic E-state index is -0.581. The monoisotopic (exact) mass is 286 g/mol. The number of nitriles is 1. The fourth-order valence-electron chi connectivity index (χ4n) is 1.85. The van der Waals surface area contributed by atoms with Crippen LogP contribution < -0.4 is 16.6 Å². The summed E-state index contributed by atoms with van der Waals surface area (Å²) in [7, 11) is 0. The maximum atomic E-state index is 13.6. The standard InChI is InChI=1S/C14H15FN6/c1-2-4-12-19-13(7-14(20-12)21-17)18-11-6-3-5-10(15)9(11)8-16/h3,5-7H,2,4,17H2,1H3,(H2,18,19,20,21). The lowest BCUT2D eigenvalue weighted by Crippen LogP contribution is -2.11. The summed E-state index contributed by atoms with van der Waals surface area (Å²) in [5, 5.41) is 12.0. The average Bonchev–Trinajstić information content (AvgIpc) is 2.47. The Balaban J connectivity index is 2.37. The number of nitrogen functional groups attached to an aromatic ring is 1. The molecule has 0 amide bonds. The maximum Gasteiger partial charge on any atom is 0.145 e. The lowest BCUT2D eigenvalue weighted by molar-refractivity contribution is 0.624. The Bertz CT molecular complexity index is 680. The van der Waals surface area contributed by atoms with Crippen LogP contribution in [0.4, 0.5) is 21.7 Å². The van der Waals surface area contributed by atoms with Crippen LogP contribution in [0.15, 0.2) is 24.3 Å². The van der Waals surface area contributed by atoms with Crippen molar-refractivity contribution in [3.05, 3.63) is 41.5 Å². The highest BCUT2D eigenvalue weighted by atomic mass is 19.1. The summed E-state index contributed by atoms with van der Waals surface area (Å²) in [6.07, 6.45) is 1.58. The fourth-order valence-corrected chi connectivity index (χ4v) is 1.85. The molecule has 0 atom stereocenters. The molecule has 6 nitrogen and oxygen atoms in total. The van der Waals surface area contributed by atoms with E-state index in [1.165, 1.54) is 12.1 Å². The first-order chi connectivity index (χ1) is 10.2. The van der Waals surface area contributed by atoms with E-state index >= 15 is 0 Å². The Kier molecular flexibility index (Phi) is 4.64. The van der Waals surface area contributed by atoms with Gasteiger partial charge in [0.25, 0.3) is 0 Å². The molecule has 4 N–H and O–H groups in total. The van der Waals surface area contributed by atoms with Crippen molar-refractivity contribution >= 4 is 17.3 Å². The summed E-state index contributed by atoms with van der Waals surface area (Å²) in [5.41, 5.74) is 2.75. The molecule has 2 rings (SSSR count). The normalized spacial score (nSPS) is 10.0. The first kappa shape index (κ1) is 14.7. The number of hydrogen-bond acceptors (Lipinski definition) is 6. The van der Waals surface area contributed by atoms with Crippen molar-refractivity contribution in [3.8, 4) is 6.07 Å². The van der Waals surface area contributed by atoms with Gasteiger partial charge in [0, 0.05) is 12.5 Å². The Hall–Kier alpha value is -2.72. The molecule has 21 heavy (non-hydrogen) atoms.